The average Bonchev–Trinajstić information content (AvgIpc) is 2.22. The van der Waals surface area contributed by atoms with Crippen LogP contribution in [0.1, 0.15) is 39.5 Å². The van der Waals surface area contributed by atoms with Crippen molar-refractivity contribution in [3.63, 3.8) is 0 Å². The van der Waals surface area contributed by atoms with Gasteiger partial charge in [0.1, 0.15) is 5.78 Å². The van der Waals surface area contributed by atoms with Crippen LogP contribution in [0.4, 0.5) is 0 Å². The number of carbonyl (C=O) groups excluding carboxylic acids is 2. The van der Waals surface area contributed by atoms with Crippen LogP contribution in [0.2, 0.25) is 0 Å². The van der Waals surface area contributed by atoms with Gasteiger partial charge in [0.2, 0.25) is 5.91 Å². The highest BCUT2D eigenvalue weighted by Crippen LogP contribution is 2.01. The molecule has 0 saturated heterocycles. The van der Waals surface area contributed by atoms with Crippen molar-refractivity contribution in [3.8, 4) is 0 Å². The summed E-state index contributed by atoms with van der Waals surface area (Å²) in [7, 11) is 1.80. The molecule has 0 aliphatic carbocycles. The smallest absolute Gasteiger partial charge is 0.219 e. The largest absolute Gasteiger partial charge is 0.356 e. The van der Waals surface area contributed by atoms with Gasteiger partial charge in [0, 0.05) is 13.0 Å². The second kappa shape index (κ2) is 8.41. The Morgan fingerprint density at radius 1 is 1.27 bits per heavy atom. The summed E-state index contributed by atoms with van der Waals surface area (Å²) in [6.07, 6.45) is 3.26. The third-order valence-electron chi connectivity index (χ3n) is 2.40. The molecule has 0 fully saturated rings. The number of amides is 1. The van der Waals surface area contributed by atoms with Gasteiger partial charge in [0.15, 0.2) is 0 Å². The lowest BCUT2D eigenvalue weighted by Crippen LogP contribution is -2.32. The fourth-order valence-electron chi connectivity index (χ4n) is 1.38. The van der Waals surface area contributed by atoms with E-state index in [1.54, 1.807) is 14.0 Å². The van der Waals surface area contributed by atoms with Gasteiger partial charge in [-0.1, -0.05) is 6.92 Å². The van der Waals surface area contributed by atoms with E-state index >= 15 is 0 Å². The van der Waals surface area contributed by atoms with Crippen molar-refractivity contribution in [3.05, 3.63) is 0 Å². The van der Waals surface area contributed by atoms with Crippen LogP contribution in [0.25, 0.3) is 0 Å². The molecule has 0 aromatic rings. The first-order chi connectivity index (χ1) is 7.11. The van der Waals surface area contributed by atoms with Gasteiger partial charge in [-0.3, -0.25) is 9.59 Å². The van der Waals surface area contributed by atoms with Crippen molar-refractivity contribution in [2.75, 3.05) is 13.6 Å². The quantitative estimate of drug-likeness (QED) is 0.589. The number of hydrogen-bond donors (Lipinski definition) is 2. The third-order valence-corrected chi connectivity index (χ3v) is 2.40. The molecule has 15 heavy (non-hydrogen) atoms. The Hall–Kier alpha value is -0.900. The molecule has 0 rings (SSSR count). The standard InChI is InChI=1S/C11H22N2O2/c1-4-11(15)13-8-6-5-7-10(12-3)9(2)14/h10,12H,4-8H2,1-3H3,(H,13,15)/t10-/m0/s1. The number of carbonyl (C=O) groups is 2. The lowest BCUT2D eigenvalue weighted by atomic mass is 10.1. The molecule has 0 aliphatic heterocycles. The molecule has 4 nitrogen and oxygen atoms in total. The fourth-order valence-corrected chi connectivity index (χ4v) is 1.38. The van der Waals surface area contributed by atoms with E-state index in [2.05, 4.69) is 10.6 Å². The van der Waals surface area contributed by atoms with Gasteiger partial charge < -0.3 is 10.6 Å². The van der Waals surface area contributed by atoms with Gasteiger partial charge in [0.25, 0.3) is 0 Å². The summed E-state index contributed by atoms with van der Waals surface area (Å²) >= 11 is 0. The third kappa shape index (κ3) is 7.08. The van der Waals surface area contributed by atoms with E-state index < -0.39 is 0 Å². The molecular weight excluding hydrogens is 192 g/mol. The molecule has 0 spiro atoms. The van der Waals surface area contributed by atoms with Crippen LogP contribution in [-0.2, 0) is 9.59 Å². The van der Waals surface area contributed by atoms with Crippen LogP contribution in [-0.4, -0.2) is 31.3 Å². The summed E-state index contributed by atoms with van der Waals surface area (Å²) in [5, 5.41) is 5.78. The highest BCUT2D eigenvalue weighted by atomic mass is 16.1. The topological polar surface area (TPSA) is 58.2 Å². The van der Waals surface area contributed by atoms with Crippen molar-refractivity contribution < 1.29 is 9.59 Å². The molecule has 0 aromatic heterocycles. The second-order valence-corrected chi connectivity index (χ2v) is 3.65. The summed E-state index contributed by atoms with van der Waals surface area (Å²) < 4.78 is 0. The van der Waals surface area contributed by atoms with Crippen LogP contribution in [0.15, 0.2) is 0 Å². The van der Waals surface area contributed by atoms with E-state index in [4.69, 9.17) is 0 Å². The Kier molecular flexibility index (Phi) is 7.91. The zero-order valence-corrected chi connectivity index (χ0v) is 9.93. The number of hydrogen-bond acceptors (Lipinski definition) is 3. The molecule has 0 aliphatic rings. The highest BCUT2D eigenvalue weighted by Gasteiger charge is 2.09. The van der Waals surface area contributed by atoms with Crippen LogP contribution in [0, 0.1) is 0 Å². The molecule has 1 amide bonds. The minimum atomic E-state index is -0.0353. The van der Waals surface area contributed by atoms with Crippen LogP contribution < -0.4 is 10.6 Å². The summed E-state index contributed by atoms with van der Waals surface area (Å²) in [5.74, 6) is 0.266. The SMILES string of the molecule is CCC(=O)NCCCC[C@H](NC)C(C)=O. The number of ketones is 1. The van der Waals surface area contributed by atoms with Gasteiger partial charge in [-0.05, 0) is 33.2 Å². The van der Waals surface area contributed by atoms with Crippen molar-refractivity contribution in [2.45, 2.75) is 45.6 Å². The lowest BCUT2D eigenvalue weighted by molar-refractivity contribution is -0.121. The zero-order chi connectivity index (χ0) is 11.7. The summed E-state index contributed by atoms with van der Waals surface area (Å²) in [4.78, 5) is 22.0. The Balaban J connectivity index is 3.45. The van der Waals surface area contributed by atoms with Crippen LogP contribution >= 0.6 is 0 Å². The summed E-state index contributed by atoms with van der Waals surface area (Å²) in [6, 6.07) is -0.0353. The van der Waals surface area contributed by atoms with E-state index in [-0.39, 0.29) is 17.7 Å². The van der Waals surface area contributed by atoms with Gasteiger partial charge >= 0.3 is 0 Å². The molecule has 0 heterocycles. The molecule has 2 N–H and O–H groups in total. The Bertz CT molecular complexity index is 205. The summed E-state index contributed by atoms with van der Waals surface area (Å²) in [5.41, 5.74) is 0. The van der Waals surface area contributed by atoms with Crippen molar-refractivity contribution in [2.24, 2.45) is 0 Å². The lowest BCUT2D eigenvalue weighted by Gasteiger charge is -2.12. The van der Waals surface area contributed by atoms with E-state index in [0.29, 0.717) is 13.0 Å². The number of unbranched alkanes of at least 4 members (excludes halogenated alkanes) is 1. The molecule has 0 radical (unpaired) electrons. The molecular formula is C11H22N2O2. The minimum Gasteiger partial charge on any atom is -0.356 e. The maximum absolute atomic E-state index is 11.1. The van der Waals surface area contributed by atoms with Gasteiger partial charge in [-0.2, -0.15) is 0 Å². The Morgan fingerprint density at radius 2 is 1.93 bits per heavy atom. The number of rotatable bonds is 8. The Morgan fingerprint density at radius 3 is 2.40 bits per heavy atom. The minimum absolute atomic E-state index is 0.0353. The first kappa shape index (κ1) is 14.1. The maximum Gasteiger partial charge on any atom is 0.219 e. The predicted molar refractivity (Wildman–Crippen MR) is 60.7 cm³/mol. The maximum atomic E-state index is 11.1. The van der Waals surface area contributed by atoms with Gasteiger partial charge in [-0.15, -0.1) is 0 Å². The van der Waals surface area contributed by atoms with E-state index in [1.807, 2.05) is 6.92 Å². The van der Waals surface area contributed by atoms with Crippen LogP contribution in [0.3, 0.4) is 0 Å². The summed E-state index contributed by atoms with van der Waals surface area (Å²) in [6.45, 7) is 4.14. The molecule has 0 saturated carbocycles. The zero-order valence-electron chi connectivity index (χ0n) is 9.93. The molecule has 0 bridgehead atoms. The molecule has 0 aromatic carbocycles. The normalized spacial score (nSPS) is 12.2. The monoisotopic (exact) mass is 214 g/mol. The van der Waals surface area contributed by atoms with E-state index in [9.17, 15) is 9.59 Å². The Labute approximate surface area is 91.8 Å². The second-order valence-electron chi connectivity index (χ2n) is 3.65. The van der Waals surface area contributed by atoms with Crippen molar-refractivity contribution >= 4 is 11.7 Å². The first-order valence-corrected chi connectivity index (χ1v) is 5.56. The molecule has 1 atom stereocenters. The fraction of sp³-hybridized carbons (Fsp3) is 0.818. The average molecular weight is 214 g/mol. The number of likely N-dealkylation sites (N-methyl/N-ethyl adjacent to an activating group) is 1. The predicted octanol–water partition coefficient (Wildman–Crippen LogP) is 0.860. The number of Topliss-reactive ketones (excluding diaryl/α,β-unsaturated/α-hetero) is 1. The molecule has 4 heteroatoms. The highest BCUT2D eigenvalue weighted by molar-refractivity contribution is 5.81. The van der Waals surface area contributed by atoms with Crippen molar-refractivity contribution in [1.82, 2.24) is 10.6 Å². The van der Waals surface area contributed by atoms with Gasteiger partial charge in [-0.25, -0.2) is 0 Å². The van der Waals surface area contributed by atoms with E-state index in [0.717, 1.165) is 19.3 Å². The van der Waals surface area contributed by atoms with E-state index in [1.165, 1.54) is 0 Å². The van der Waals surface area contributed by atoms with Crippen LogP contribution in [0.5, 0.6) is 0 Å². The van der Waals surface area contributed by atoms with Crippen molar-refractivity contribution in [1.29, 1.82) is 0 Å². The molecule has 88 valence electrons. The molecule has 0 unspecified atom stereocenters. The van der Waals surface area contributed by atoms with Gasteiger partial charge in [0.05, 0.1) is 6.04 Å². The first-order valence-electron chi connectivity index (χ1n) is 5.56. The number of nitrogens with one attached hydrogen (secondary N) is 2.